The monoisotopic (exact) mass is 219 g/mol. The normalized spacial score (nSPS) is 25.1. The van der Waals surface area contributed by atoms with Gasteiger partial charge in [-0.15, -0.1) is 0 Å². The first kappa shape index (κ1) is 11.0. The van der Waals surface area contributed by atoms with E-state index >= 15 is 0 Å². The Morgan fingerprint density at radius 3 is 2.88 bits per heavy atom. The molecule has 1 aliphatic heterocycles. The van der Waals surface area contributed by atoms with Crippen LogP contribution in [-0.2, 0) is 4.79 Å². The summed E-state index contributed by atoms with van der Waals surface area (Å²) in [6.07, 6.45) is 0.424. The van der Waals surface area contributed by atoms with E-state index in [0.29, 0.717) is 18.7 Å². The lowest BCUT2D eigenvalue weighted by Crippen LogP contribution is -2.32. The average molecular weight is 219 g/mol. The number of carbonyl (C=O) groups is 1. The van der Waals surface area contributed by atoms with E-state index in [-0.39, 0.29) is 18.0 Å². The highest BCUT2D eigenvalue weighted by Gasteiger charge is 2.37. The summed E-state index contributed by atoms with van der Waals surface area (Å²) in [5.41, 5.74) is 13.5. The second-order valence-corrected chi connectivity index (χ2v) is 4.16. The lowest BCUT2D eigenvalue weighted by atomic mass is 10.0. The van der Waals surface area contributed by atoms with Crippen LogP contribution in [0.15, 0.2) is 24.3 Å². The van der Waals surface area contributed by atoms with Crippen molar-refractivity contribution in [3.05, 3.63) is 29.8 Å². The molecular weight excluding hydrogens is 202 g/mol. The molecular formula is C12H17N3O. The molecule has 0 saturated carbocycles. The van der Waals surface area contributed by atoms with Crippen molar-refractivity contribution in [1.82, 2.24) is 4.90 Å². The van der Waals surface area contributed by atoms with E-state index in [1.54, 1.807) is 0 Å². The van der Waals surface area contributed by atoms with E-state index in [2.05, 4.69) is 0 Å². The minimum absolute atomic E-state index is 0.0269. The van der Waals surface area contributed by atoms with E-state index in [4.69, 9.17) is 11.5 Å². The quantitative estimate of drug-likeness (QED) is 0.725. The van der Waals surface area contributed by atoms with Gasteiger partial charge >= 0.3 is 0 Å². The number of carbonyl (C=O) groups excluding carboxylic acids is 1. The molecule has 86 valence electrons. The molecule has 0 bridgehead atoms. The Morgan fingerprint density at radius 1 is 1.50 bits per heavy atom. The van der Waals surface area contributed by atoms with Gasteiger partial charge in [0.25, 0.3) is 0 Å². The molecule has 4 N–H and O–H groups in total. The molecule has 0 aromatic heterocycles. The van der Waals surface area contributed by atoms with Crippen LogP contribution in [-0.4, -0.2) is 23.4 Å². The average Bonchev–Trinajstić information content (AvgIpc) is 2.52. The van der Waals surface area contributed by atoms with Crippen LogP contribution in [0.3, 0.4) is 0 Å². The van der Waals surface area contributed by atoms with Crippen molar-refractivity contribution in [3.63, 3.8) is 0 Å². The zero-order valence-electron chi connectivity index (χ0n) is 9.39. The first-order chi connectivity index (χ1) is 7.63. The number of likely N-dealkylation sites (tertiary alicyclic amines) is 1. The first-order valence-electron chi connectivity index (χ1n) is 5.54. The van der Waals surface area contributed by atoms with Crippen LogP contribution in [0.5, 0.6) is 0 Å². The zero-order chi connectivity index (χ0) is 11.7. The van der Waals surface area contributed by atoms with Gasteiger partial charge in [0.2, 0.25) is 5.91 Å². The third-order valence-corrected chi connectivity index (χ3v) is 3.06. The van der Waals surface area contributed by atoms with Gasteiger partial charge in [-0.05, 0) is 24.6 Å². The minimum atomic E-state index is -0.130. The Balaban J connectivity index is 2.35. The van der Waals surface area contributed by atoms with Crippen LogP contribution in [0.1, 0.15) is 24.9 Å². The van der Waals surface area contributed by atoms with Crippen molar-refractivity contribution < 1.29 is 4.79 Å². The summed E-state index contributed by atoms with van der Waals surface area (Å²) < 4.78 is 0. The van der Waals surface area contributed by atoms with Gasteiger partial charge in [-0.25, -0.2) is 0 Å². The summed E-state index contributed by atoms with van der Waals surface area (Å²) in [6.45, 7) is 2.65. The fraction of sp³-hybridized carbons (Fsp3) is 0.417. The smallest absolute Gasteiger partial charge is 0.224 e. The molecule has 1 amide bonds. The fourth-order valence-corrected chi connectivity index (χ4v) is 2.36. The molecule has 1 heterocycles. The predicted molar refractivity (Wildman–Crippen MR) is 63.6 cm³/mol. The van der Waals surface area contributed by atoms with Crippen LogP contribution in [0.4, 0.5) is 5.69 Å². The summed E-state index contributed by atoms with van der Waals surface area (Å²) in [5, 5.41) is 0. The molecule has 1 saturated heterocycles. The number of hydrogen-bond acceptors (Lipinski definition) is 3. The molecule has 0 unspecified atom stereocenters. The summed E-state index contributed by atoms with van der Waals surface area (Å²) in [4.78, 5) is 13.5. The van der Waals surface area contributed by atoms with Crippen molar-refractivity contribution in [2.24, 2.45) is 5.73 Å². The molecule has 1 aromatic carbocycles. The maximum atomic E-state index is 11.7. The van der Waals surface area contributed by atoms with Crippen molar-refractivity contribution in [2.75, 3.05) is 12.3 Å². The zero-order valence-corrected chi connectivity index (χ0v) is 9.39. The van der Waals surface area contributed by atoms with Gasteiger partial charge in [-0.2, -0.15) is 0 Å². The Bertz CT molecular complexity index is 405. The Labute approximate surface area is 95.2 Å². The number of nitrogen functional groups attached to an aromatic ring is 1. The number of hydrogen-bond donors (Lipinski definition) is 2. The second-order valence-electron chi connectivity index (χ2n) is 4.16. The molecule has 0 aliphatic carbocycles. The van der Waals surface area contributed by atoms with Crippen molar-refractivity contribution in [1.29, 1.82) is 0 Å². The highest BCUT2D eigenvalue weighted by Crippen LogP contribution is 2.32. The number of rotatable bonds is 2. The predicted octanol–water partition coefficient (Wildman–Crippen LogP) is 0.889. The third kappa shape index (κ3) is 1.76. The summed E-state index contributed by atoms with van der Waals surface area (Å²) >= 11 is 0. The van der Waals surface area contributed by atoms with Crippen LogP contribution in [0.2, 0.25) is 0 Å². The number of nitrogens with two attached hydrogens (primary N) is 2. The molecule has 16 heavy (non-hydrogen) atoms. The summed E-state index contributed by atoms with van der Waals surface area (Å²) in [6, 6.07) is 7.44. The maximum Gasteiger partial charge on any atom is 0.224 e. The lowest BCUT2D eigenvalue weighted by molar-refractivity contribution is -0.128. The number of amides is 1. The number of likely N-dealkylation sites (N-methyl/N-ethyl adjacent to an activating group) is 1. The van der Waals surface area contributed by atoms with Crippen molar-refractivity contribution in [3.8, 4) is 0 Å². The number of anilines is 1. The van der Waals surface area contributed by atoms with Gasteiger partial charge in [-0.3, -0.25) is 4.79 Å². The third-order valence-electron chi connectivity index (χ3n) is 3.06. The van der Waals surface area contributed by atoms with Crippen molar-refractivity contribution in [2.45, 2.75) is 25.4 Å². The maximum absolute atomic E-state index is 11.7. The van der Waals surface area contributed by atoms with Gasteiger partial charge in [0, 0.05) is 24.7 Å². The van der Waals surface area contributed by atoms with Gasteiger partial charge in [-0.1, -0.05) is 12.1 Å². The van der Waals surface area contributed by atoms with Gasteiger partial charge in [0.1, 0.15) is 0 Å². The number of nitrogens with zero attached hydrogens (tertiary/aromatic N) is 1. The topological polar surface area (TPSA) is 72.3 Å². The van der Waals surface area contributed by atoms with E-state index in [0.717, 1.165) is 5.56 Å². The molecule has 1 aliphatic rings. The fourth-order valence-electron chi connectivity index (χ4n) is 2.36. The van der Waals surface area contributed by atoms with Gasteiger partial charge in [0.05, 0.1) is 6.04 Å². The van der Waals surface area contributed by atoms with E-state index < -0.39 is 0 Å². The van der Waals surface area contributed by atoms with Crippen LogP contribution >= 0.6 is 0 Å². The first-order valence-corrected chi connectivity index (χ1v) is 5.54. The minimum Gasteiger partial charge on any atom is -0.399 e. The summed E-state index contributed by atoms with van der Waals surface area (Å²) in [7, 11) is 0. The summed E-state index contributed by atoms with van der Waals surface area (Å²) in [5.74, 6) is 0.127. The van der Waals surface area contributed by atoms with Crippen molar-refractivity contribution >= 4 is 11.6 Å². The SMILES string of the molecule is CCN1C(=O)C[C@H](N)[C@H]1c1cccc(N)c1. The molecule has 1 aromatic rings. The molecule has 4 nitrogen and oxygen atoms in total. The molecule has 0 spiro atoms. The lowest BCUT2D eigenvalue weighted by Gasteiger charge is -2.26. The molecule has 0 radical (unpaired) electrons. The molecule has 2 rings (SSSR count). The highest BCUT2D eigenvalue weighted by molar-refractivity contribution is 5.80. The van der Waals surface area contributed by atoms with Crippen LogP contribution < -0.4 is 11.5 Å². The van der Waals surface area contributed by atoms with Gasteiger partial charge in [0.15, 0.2) is 0 Å². The molecule has 2 atom stereocenters. The molecule has 4 heteroatoms. The second kappa shape index (κ2) is 4.14. The van der Waals surface area contributed by atoms with Crippen LogP contribution in [0.25, 0.3) is 0 Å². The molecule has 1 fully saturated rings. The Kier molecular flexibility index (Phi) is 2.83. The van der Waals surface area contributed by atoms with E-state index in [9.17, 15) is 4.79 Å². The Hall–Kier alpha value is -1.55. The highest BCUT2D eigenvalue weighted by atomic mass is 16.2. The Morgan fingerprint density at radius 2 is 2.25 bits per heavy atom. The number of benzene rings is 1. The van der Waals surface area contributed by atoms with Gasteiger partial charge < -0.3 is 16.4 Å². The van der Waals surface area contributed by atoms with E-state index in [1.165, 1.54) is 0 Å². The van der Waals surface area contributed by atoms with Crippen LogP contribution in [0, 0.1) is 0 Å². The van der Waals surface area contributed by atoms with E-state index in [1.807, 2.05) is 36.1 Å². The standard InChI is InChI=1S/C12H17N3O/c1-2-15-11(16)7-10(14)12(15)8-4-3-5-9(13)6-8/h3-6,10,12H,2,7,13-14H2,1H3/t10-,12+/m0/s1. The largest absolute Gasteiger partial charge is 0.399 e.